The van der Waals surface area contributed by atoms with Gasteiger partial charge in [0.1, 0.15) is 18.1 Å². The molecule has 0 spiro atoms. The van der Waals surface area contributed by atoms with E-state index in [0.717, 1.165) is 5.69 Å². The predicted octanol–water partition coefficient (Wildman–Crippen LogP) is 6.37. The smallest absolute Gasteiger partial charge is 0.322 e. The van der Waals surface area contributed by atoms with Crippen molar-refractivity contribution in [3.63, 3.8) is 0 Å². The van der Waals surface area contributed by atoms with Gasteiger partial charge in [-0.3, -0.25) is 4.79 Å². The zero-order valence-electron chi connectivity index (χ0n) is 21.1. The number of nitrogens with zero attached hydrogens (tertiary/aromatic N) is 3. The van der Waals surface area contributed by atoms with E-state index in [0.29, 0.717) is 46.0 Å². The fourth-order valence-corrected chi connectivity index (χ4v) is 3.72. The van der Waals surface area contributed by atoms with Crippen molar-refractivity contribution in [3.05, 3.63) is 64.3 Å². The van der Waals surface area contributed by atoms with E-state index < -0.39 is 0 Å². The average Bonchev–Trinajstić information content (AvgIpc) is 3.25. The molecule has 0 unspecified atom stereocenters. The molecule has 0 aliphatic rings. The first-order chi connectivity index (χ1) is 17.0. The van der Waals surface area contributed by atoms with Gasteiger partial charge in [0, 0.05) is 29.8 Å². The molecule has 1 heterocycles. The van der Waals surface area contributed by atoms with Crippen LogP contribution in [0.2, 0.25) is 10.0 Å². The number of hydrogen-bond acceptors (Lipinski definition) is 4. The number of hydrogen-bond donors (Lipinski definition) is 2. The highest BCUT2D eigenvalue weighted by atomic mass is 35.5. The molecule has 3 aromatic rings. The summed E-state index contributed by atoms with van der Waals surface area (Å²) in [7, 11) is 1.56. The Morgan fingerprint density at radius 2 is 1.81 bits per heavy atom. The van der Waals surface area contributed by atoms with E-state index in [-0.39, 0.29) is 23.9 Å². The quantitative estimate of drug-likeness (QED) is 0.353. The molecule has 2 aromatic carbocycles. The monoisotopic (exact) mass is 531 g/mol. The van der Waals surface area contributed by atoms with E-state index in [2.05, 4.69) is 10.6 Å². The van der Waals surface area contributed by atoms with Crippen molar-refractivity contribution in [1.82, 2.24) is 14.7 Å². The van der Waals surface area contributed by atoms with E-state index >= 15 is 0 Å². The lowest BCUT2D eigenvalue weighted by Crippen LogP contribution is -2.41. The van der Waals surface area contributed by atoms with Crippen LogP contribution in [0.5, 0.6) is 5.75 Å². The van der Waals surface area contributed by atoms with Crippen molar-refractivity contribution in [1.29, 1.82) is 0 Å². The van der Waals surface area contributed by atoms with E-state index in [1.807, 2.05) is 33.8 Å². The Bertz CT molecular complexity index is 1240. The summed E-state index contributed by atoms with van der Waals surface area (Å²) in [6.45, 7) is 8.31. The number of aromatic nitrogens is 2. The number of carbonyl (C=O) groups excluding carboxylic acids is 2. The summed E-state index contributed by atoms with van der Waals surface area (Å²) >= 11 is 12.3. The highest BCUT2D eigenvalue weighted by molar-refractivity contribution is 6.42. The number of ether oxygens (including phenoxy) is 1. The number of methoxy groups -OCH3 is 1. The number of carbonyl (C=O) groups is 2. The van der Waals surface area contributed by atoms with Gasteiger partial charge in [0.2, 0.25) is 5.91 Å². The maximum Gasteiger partial charge on any atom is 0.322 e. The second-order valence-corrected chi connectivity index (χ2v) is 10.1. The van der Waals surface area contributed by atoms with Crippen molar-refractivity contribution >= 4 is 46.6 Å². The number of rotatable bonds is 8. The number of amides is 3. The molecule has 3 amide bonds. The summed E-state index contributed by atoms with van der Waals surface area (Å²) in [5.41, 5.74) is 1.75. The van der Waals surface area contributed by atoms with Crippen molar-refractivity contribution in [3.8, 4) is 11.4 Å². The largest absolute Gasteiger partial charge is 0.497 e. The van der Waals surface area contributed by atoms with Crippen LogP contribution in [0.15, 0.2) is 48.5 Å². The van der Waals surface area contributed by atoms with Crippen LogP contribution in [-0.4, -0.2) is 46.8 Å². The number of nitrogens with one attached hydrogen (secondary N) is 2. The fourth-order valence-electron chi connectivity index (χ4n) is 3.43. The molecule has 1 aromatic heterocycles. The first-order valence-corrected chi connectivity index (χ1v) is 12.3. The Hall–Kier alpha value is -3.23. The van der Waals surface area contributed by atoms with Gasteiger partial charge in [0.15, 0.2) is 0 Å². The van der Waals surface area contributed by atoms with Crippen molar-refractivity contribution in [2.45, 2.75) is 39.5 Å². The van der Waals surface area contributed by atoms with Gasteiger partial charge in [-0.25, -0.2) is 9.48 Å². The molecule has 36 heavy (non-hydrogen) atoms. The van der Waals surface area contributed by atoms with Crippen LogP contribution < -0.4 is 15.4 Å². The highest BCUT2D eigenvalue weighted by Gasteiger charge is 2.23. The van der Waals surface area contributed by atoms with Crippen LogP contribution in [0.4, 0.5) is 16.3 Å². The molecule has 0 saturated heterocycles. The fraction of sp³-hybridized carbons (Fsp3) is 0.346. The molecule has 0 bridgehead atoms. The summed E-state index contributed by atoms with van der Waals surface area (Å²) < 4.78 is 6.82. The minimum absolute atomic E-state index is 0.138. The first kappa shape index (κ1) is 27.4. The molecule has 0 atom stereocenters. The maximum atomic E-state index is 13.1. The van der Waals surface area contributed by atoms with Crippen molar-refractivity contribution < 1.29 is 14.3 Å². The lowest BCUT2D eigenvalue weighted by Gasteiger charge is -2.22. The van der Waals surface area contributed by atoms with Gasteiger partial charge in [-0.05, 0) is 36.8 Å². The maximum absolute atomic E-state index is 13.1. The third-order valence-electron chi connectivity index (χ3n) is 5.33. The Labute approximate surface area is 221 Å². The van der Waals surface area contributed by atoms with Crippen LogP contribution in [0.1, 0.15) is 39.8 Å². The molecule has 0 aliphatic heterocycles. The van der Waals surface area contributed by atoms with E-state index in [1.165, 1.54) is 4.90 Å². The Morgan fingerprint density at radius 1 is 1.06 bits per heavy atom. The van der Waals surface area contributed by atoms with E-state index in [4.69, 9.17) is 33.0 Å². The Balaban J connectivity index is 1.81. The molecule has 0 saturated carbocycles. The zero-order chi connectivity index (χ0) is 26.5. The van der Waals surface area contributed by atoms with Gasteiger partial charge >= 0.3 is 6.03 Å². The van der Waals surface area contributed by atoms with Gasteiger partial charge in [-0.2, -0.15) is 5.10 Å². The molecule has 8 nitrogen and oxygen atoms in total. The molecular weight excluding hydrogens is 501 g/mol. The third-order valence-corrected chi connectivity index (χ3v) is 6.07. The van der Waals surface area contributed by atoms with Crippen LogP contribution in [0.25, 0.3) is 5.69 Å². The second-order valence-electron chi connectivity index (χ2n) is 9.31. The van der Waals surface area contributed by atoms with Crippen LogP contribution >= 0.6 is 23.2 Å². The molecule has 2 N–H and O–H groups in total. The lowest BCUT2D eigenvalue weighted by molar-refractivity contribution is -0.116. The van der Waals surface area contributed by atoms with Gasteiger partial charge in [0.05, 0.1) is 28.5 Å². The summed E-state index contributed by atoms with van der Waals surface area (Å²) in [5, 5.41) is 11.2. The van der Waals surface area contributed by atoms with Crippen LogP contribution in [0, 0.1) is 0 Å². The van der Waals surface area contributed by atoms with Gasteiger partial charge < -0.3 is 20.3 Å². The van der Waals surface area contributed by atoms with E-state index in [1.54, 1.807) is 54.3 Å². The minimum atomic E-state index is -0.381. The Kier molecular flexibility index (Phi) is 8.87. The number of halogens is 2. The SMILES string of the molecule is CCCN(CC(=O)Nc1cc(C(C)(C)C)nn1-c1ccc(Cl)c(Cl)c1)C(=O)Nc1cccc(OC)c1. The van der Waals surface area contributed by atoms with Crippen molar-refractivity contribution in [2.24, 2.45) is 0 Å². The predicted molar refractivity (Wildman–Crippen MR) is 145 cm³/mol. The summed E-state index contributed by atoms with van der Waals surface area (Å²) in [5.74, 6) is 0.733. The first-order valence-electron chi connectivity index (χ1n) is 11.6. The standard InChI is InChI=1S/C26H31Cl2N5O3/c1-6-12-32(25(35)29-17-8-7-9-19(13-17)36-5)16-24(34)30-23-15-22(26(2,3)4)31-33(23)18-10-11-20(27)21(28)14-18/h7-11,13-15H,6,12,16H2,1-5H3,(H,29,35)(H,30,34). The minimum Gasteiger partial charge on any atom is -0.497 e. The zero-order valence-corrected chi connectivity index (χ0v) is 22.6. The Morgan fingerprint density at radius 3 is 2.44 bits per heavy atom. The molecule has 192 valence electrons. The topological polar surface area (TPSA) is 88.5 Å². The number of benzene rings is 2. The van der Waals surface area contributed by atoms with Gasteiger partial charge in [0.25, 0.3) is 0 Å². The molecule has 0 radical (unpaired) electrons. The van der Waals surface area contributed by atoms with Crippen molar-refractivity contribution in [2.75, 3.05) is 30.8 Å². The lowest BCUT2D eigenvalue weighted by atomic mass is 9.92. The molecule has 3 rings (SSSR count). The third kappa shape index (κ3) is 6.92. The highest BCUT2D eigenvalue weighted by Crippen LogP contribution is 2.29. The van der Waals surface area contributed by atoms with Crippen LogP contribution in [0.3, 0.4) is 0 Å². The summed E-state index contributed by atoms with van der Waals surface area (Å²) in [6, 6.07) is 13.6. The number of urea groups is 1. The summed E-state index contributed by atoms with van der Waals surface area (Å²) in [6.07, 6.45) is 0.689. The number of anilines is 2. The summed E-state index contributed by atoms with van der Waals surface area (Å²) in [4.78, 5) is 27.5. The molecule has 0 fully saturated rings. The van der Waals surface area contributed by atoms with Gasteiger partial charge in [-0.15, -0.1) is 0 Å². The second kappa shape index (κ2) is 11.7. The van der Waals surface area contributed by atoms with Crippen LogP contribution in [-0.2, 0) is 10.2 Å². The van der Waals surface area contributed by atoms with Gasteiger partial charge in [-0.1, -0.05) is 57.0 Å². The molecule has 0 aliphatic carbocycles. The average molecular weight is 532 g/mol. The molecule has 10 heteroatoms. The normalized spacial score (nSPS) is 11.2. The molecular formula is C26H31Cl2N5O3. The van der Waals surface area contributed by atoms with E-state index in [9.17, 15) is 9.59 Å².